The molecule has 1 aliphatic rings. The highest BCUT2D eigenvalue weighted by molar-refractivity contribution is 6.39. The Hall–Kier alpha value is -2.77. The zero-order valence-electron chi connectivity index (χ0n) is 17.3. The normalized spacial score (nSPS) is 14.3. The van der Waals surface area contributed by atoms with Crippen LogP contribution < -0.4 is 20.3 Å². The molecule has 0 radical (unpaired) electrons. The van der Waals surface area contributed by atoms with Crippen molar-refractivity contribution in [3.05, 3.63) is 53.1 Å². The lowest BCUT2D eigenvalue weighted by Crippen LogP contribution is -2.49. The summed E-state index contributed by atoms with van der Waals surface area (Å²) in [5, 5.41) is 6.04. The van der Waals surface area contributed by atoms with E-state index in [9.17, 15) is 9.59 Å². The number of nitrogens with zero attached hydrogens (tertiary/aromatic N) is 2. The molecule has 0 unspecified atom stereocenters. The number of hydrogen-bond donors (Lipinski definition) is 2. The summed E-state index contributed by atoms with van der Waals surface area (Å²) in [4.78, 5) is 28.9. The molecule has 1 fully saturated rings. The van der Waals surface area contributed by atoms with Crippen LogP contribution in [0.2, 0.25) is 5.02 Å². The van der Waals surface area contributed by atoms with Gasteiger partial charge in [-0.1, -0.05) is 17.7 Å². The molecule has 2 aromatic carbocycles. The van der Waals surface area contributed by atoms with Crippen LogP contribution in [0.4, 0.5) is 11.4 Å². The highest BCUT2D eigenvalue weighted by Crippen LogP contribution is 2.25. The van der Waals surface area contributed by atoms with Gasteiger partial charge in [-0.25, -0.2) is 0 Å². The summed E-state index contributed by atoms with van der Waals surface area (Å²) in [5.74, 6) is -0.842. The van der Waals surface area contributed by atoms with Gasteiger partial charge in [-0.3, -0.25) is 14.5 Å². The minimum atomic E-state index is -0.702. The maximum atomic E-state index is 12.2. The molecule has 0 atom stereocenters. The van der Waals surface area contributed by atoms with Gasteiger partial charge in [0.1, 0.15) is 5.75 Å². The van der Waals surface area contributed by atoms with Crippen LogP contribution in [0.15, 0.2) is 42.5 Å². The van der Waals surface area contributed by atoms with Gasteiger partial charge in [-0.05, 0) is 48.9 Å². The lowest BCUT2D eigenvalue weighted by Gasteiger charge is -2.36. The Labute approximate surface area is 181 Å². The van der Waals surface area contributed by atoms with Crippen molar-refractivity contribution in [2.45, 2.75) is 6.92 Å². The number of methoxy groups -OCH3 is 1. The van der Waals surface area contributed by atoms with Crippen molar-refractivity contribution in [1.29, 1.82) is 0 Å². The minimum absolute atomic E-state index is 0.415. The average molecular weight is 431 g/mol. The van der Waals surface area contributed by atoms with Crippen molar-refractivity contribution >= 4 is 34.8 Å². The molecule has 0 spiro atoms. The third-order valence-electron chi connectivity index (χ3n) is 5.09. The maximum Gasteiger partial charge on any atom is 0.313 e. The van der Waals surface area contributed by atoms with E-state index in [0.717, 1.165) is 42.5 Å². The third-order valence-corrected chi connectivity index (χ3v) is 5.34. The summed E-state index contributed by atoms with van der Waals surface area (Å²) >= 11 is 5.95. The molecule has 30 heavy (non-hydrogen) atoms. The monoisotopic (exact) mass is 430 g/mol. The van der Waals surface area contributed by atoms with Crippen LogP contribution in [-0.4, -0.2) is 63.1 Å². The number of anilines is 2. The number of carbonyl (C=O) groups is 2. The molecule has 2 N–H and O–H groups in total. The SMILES string of the molecule is COc1ccc(C)cc1NC(=O)C(=O)NCCN1CCN(c2ccc(Cl)cc2)CC1. The molecule has 7 nitrogen and oxygen atoms in total. The van der Waals surface area contributed by atoms with Gasteiger partial charge in [0.25, 0.3) is 0 Å². The van der Waals surface area contributed by atoms with Crippen molar-refractivity contribution in [3.8, 4) is 5.75 Å². The zero-order valence-corrected chi connectivity index (χ0v) is 18.0. The van der Waals surface area contributed by atoms with E-state index in [1.54, 1.807) is 12.1 Å². The van der Waals surface area contributed by atoms with Crippen molar-refractivity contribution in [1.82, 2.24) is 10.2 Å². The number of carbonyl (C=O) groups excluding carboxylic acids is 2. The molecular weight excluding hydrogens is 404 g/mol. The molecule has 2 amide bonds. The summed E-state index contributed by atoms with van der Waals surface area (Å²) in [6, 6.07) is 13.3. The summed E-state index contributed by atoms with van der Waals surface area (Å²) < 4.78 is 5.22. The Morgan fingerprint density at radius 2 is 1.73 bits per heavy atom. The lowest BCUT2D eigenvalue weighted by molar-refractivity contribution is -0.136. The number of aryl methyl sites for hydroxylation is 1. The first-order chi connectivity index (χ1) is 14.5. The van der Waals surface area contributed by atoms with Crippen LogP contribution >= 0.6 is 11.6 Å². The summed E-state index contributed by atoms with van der Waals surface area (Å²) in [5.41, 5.74) is 2.61. The van der Waals surface area contributed by atoms with Gasteiger partial charge < -0.3 is 20.3 Å². The molecule has 1 aliphatic heterocycles. The number of halogens is 1. The Balaban J connectivity index is 1.40. The van der Waals surface area contributed by atoms with E-state index in [1.165, 1.54) is 7.11 Å². The van der Waals surface area contributed by atoms with Crippen molar-refractivity contribution < 1.29 is 14.3 Å². The number of hydrogen-bond acceptors (Lipinski definition) is 5. The number of rotatable bonds is 6. The molecule has 2 aromatic rings. The molecular formula is C22H27ClN4O3. The van der Waals surface area contributed by atoms with Crippen LogP contribution in [0, 0.1) is 6.92 Å². The number of ether oxygens (including phenoxy) is 1. The van der Waals surface area contributed by atoms with Gasteiger partial charge in [-0.15, -0.1) is 0 Å². The number of piperazine rings is 1. The van der Waals surface area contributed by atoms with Crippen LogP contribution in [0.5, 0.6) is 5.75 Å². The molecule has 3 rings (SSSR count). The molecule has 160 valence electrons. The van der Waals surface area contributed by atoms with Crippen molar-refractivity contribution in [2.24, 2.45) is 0 Å². The van der Waals surface area contributed by atoms with E-state index in [-0.39, 0.29) is 0 Å². The summed E-state index contributed by atoms with van der Waals surface area (Å²) in [6.07, 6.45) is 0. The number of benzene rings is 2. The molecule has 0 bridgehead atoms. The topological polar surface area (TPSA) is 73.9 Å². The predicted molar refractivity (Wildman–Crippen MR) is 119 cm³/mol. The molecule has 8 heteroatoms. The maximum absolute atomic E-state index is 12.2. The van der Waals surface area contributed by atoms with E-state index in [2.05, 4.69) is 20.4 Å². The van der Waals surface area contributed by atoms with E-state index in [4.69, 9.17) is 16.3 Å². The summed E-state index contributed by atoms with van der Waals surface area (Å²) in [6.45, 7) is 6.62. The van der Waals surface area contributed by atoms with Crippen molar-refractivity contribution in [3.63, 3.8) is 0 Å². The predicted octanol–water partition coefficient (Wildman–Crippen LogP) is 2.53. The second-order valence-electron chi connectivity index (χ2n) is 7.22. The first kappa shape index (κ1) is 21.9. The smallest absolute Gasteiger partial charge is 0.313 e. The molecule has 0 aromatic heterocycles. The first-order valence-corrected chi connectivity index (χ1v) is 10.3. The van der Waals surface area contributed by atoms with Crippen LogP contribution in [0.25, 0.3) is 0 Å². The fraction of sp³-hybridized carbons (Fsp3) is 0.364. The fourth-order valence-electron chi connectivity index (χ4n) is 3.39. The Morgan fingerprint density at radius 3 is 2.40 bits per heavy atom. The first-order valence-electron chi connectivity index (χ1n) is 9.93. The summed E-state index contributed by atoms with van der Waals surface area (Å²) in [7, 11) is 1.52. The lowest BCUT2D eigenvalue weighted by atomic mass is 10.2. The van der Waals surface area contributed by atoms with E-state index in [0.29, 0.717) is 24.5 Å². The van der Waals surface area contributed by atoms with Crippen molar-refractivity contribution in [2.75, 3.05) is 56.6 Å². The van der Waals surface area contributed by atoms with Crippen LogP contribution in [0.3, 0.4) is 0 Å². The van der Waals surface area contributed by atoms with Crippen LogP contribution in [-0.2, 0) is 9.59 Å². The van der Waals surface area contributed by atoms with E-state index in [1.807, 2.05) is 37.3 Å². The van der Waals surface area contributed by atoms with Gasteiger partial charge >= 0.3 is 11.8 Å². The average Bonchev–Trinajstić information content (AvgIpc) is 2.75. The van der Waals surface area contributed by atoms with Gasteiger partial charge in [-0.2, -0.15) is 0 Å². The van der Waals surface area contributed by atoms with Gasteiger partial charge in [0.05, 0.1) is 12.8 Å². The quantitative estimate of drug-likeness (QED) is 0.689. The largest absolute Gasteiger partial charge is 0.495 e. The second kappa shape index (κ2) is 10.3. The molecule has 0 saturated carbocycles. The van der Waals surface area contributed by atoms with E-state index < -0.39 is 11.8 Å². The van der Waals surface area contributed by atoms with Gasteiger partial charge in [0.2, 0.25) is 0 Å². The zero-order chi connectivity index (χ0) is 21.5. The van der Waals surface area contributed by atoms with Crippen LogP contribution in [0.1, 0.15) is 5.56 Å². The fourth-order valence-corrected chi connectivity index (χ4v) is 3.51. The highest BCUT2D eigenvalue weighted by Gasteiger charge is 2.19. The highest BCUT2D eigenvalue weighted by atomic mass is 35.5. The molecule has 1 saturated heterocycles. The van der Waals surface area contributed by atoms with Gasteiger partial charge in [0, 0.05) is 50.0 Å². The number of nitrogens with one attached hydrogen (secondary N) is 2. The van der Waals surface area contributed by atoms with E-state index >= 15 is 0 Å². The molecule has 1 heterocycles. The van der Waals surface area contributed by atoms with Gasteiger partial charge in [0.15, 0.2) is 0 Å². The standard InChI is InChI=1S/C22H27ClN4O3/c1-16-3-8-20(30-2)19(15-16)25-22(29)21(28)24-9-10-26-11-13-27(14-12-26)18-6-4-17(23)5-7-18/h3-8,15H,9-14H2,1-2H3,(H,24,28)(H,25,29). The third kappa shape index (κ3) is 5.87. The Morgan fingerprint density at radius 1 is 1.03 bits per heavy atom. The minimum Gasteiger partial charge on any atom is -0.495 e. The second-order valence-corrected chi connectivity index (χ2v) is 7.66. The molecule has 0 aliphatic carbocycles. The Bertz CT molecular complexity index is 880. The number of amides is 2. The Kier molecular flexibility index (Phi) is 7.54.